The quantitative estimate of drug-likeness (QED) is 0.638. The molecule has 0 unspecified atom stereocenters. The summed E-state index contributed by atoms with van der Waals surface area (Å²) in [5.41, 5.74) is 11.3. The Balaban J connectivity index is 2.25. The zero-order chi connectivity index (χ0) is 15.2. The van der Waals surface area contributed by atoms with E-state index >= 15 is 0 Å². The number of benzene rings is 1. The maximum atomic E-state index is 12.8. The number of alkyl halides is 3. The number of nitrogens with two attached hydrogens (primary N) is 2. The molecule has 0 radical (unpaired) electrons. The van der Waals surface area contributed by atoms with Crippen LogP contribution in [0, 0.1) is 0 Å². The van der Waals surface area contributed by atoms with Gasteiger partial charge in [0.25, 0.3) is 0 Å². The van der Waals surface area contributed by atoms with Gasteiger partial charge in [-0.2, -0.15) is 18.2 Å². The molecule has 6 nitrogen and oxygen atoms in total. The highest BCUT2D eigenvalue weighted by molar-refractivity contribution is 5.89. The maximum absolute atomic E-state index is 12.8. The van der Waals surface area contributed by atoms with Gasteiger partial charge in [-0.05, 0) is 12.1 Å². The maximum Gasteiger partial charge on any atom is 0.416 e. The highest BCUT2D eigenvalue weighted by Crippen LogP contribution is 2.33. The number of nitrogen functional groups attached to an aromatic ring is 2. The van der Waals surface area contributed by atoms with Crippen molar-refractivity contribution >= 4 is 23.1 Å². The molecule has 1 aromatic carbocycles. The fourth-order valence-corrected chi connectivity index (χ4v) is 1.98. The first-order valence-corrected chi connectivity index (χ1v) is 5.81. The lowest BCUT2D eigenvalue weighted by molar-refractivity contribution is -0.137. The van der Waals surface area contributed by atoms with Crippen molar-refractivity contribution in [2.45, 2.75) is 6.18 Å². The van der Waals surface area contributed by atoms with E-state index in [1.54, 1.807) is 0 Å². The van der Waals surface area contributed by atoms with Gasteiger partial charge in [-0.3, -0.25) is 0 Å². The average molecular weight is 294 g/mol. The molecule has 0 aliphatic carbocycles. The third-order valence-corrected chi connectivity index (χ3v) is 2.84. The zero-order valence-electron chi connectivity index (χ0n) is 10.4. The molecular weight excluding hydrogens is 285 g/mol. The van der Waals surface area contributed by atoms with Gasteiger partial charge in [0.1, 0.15) is 11.2 Å². The molecule has 0 atom stereocenters. The lowest BCUT2D eigenvalue weighted by Gasteiger charge is -2.08. The van der Waals surface area contributed by atoms with Crippen molar-refractivity contribution in [1.29, 1.82) is 0 Å². The van der Waals surface area contributed by atoms with E-state index in [-0.39, 0.29) is 34.3 Å². The minimum atomic E-state index is -4.45. The zero-order valence-corrected chi connectivity index (χ0v) is 10.4. The monoisotopic (exact) mass is 294 g/mol. The third kappa shape index (κ3) is 2.33. The van der Waals surface area contributed by atoms with Gasteiger partial charge in [-0.1, -0.05) is 12.1 Å². The summed E-state index contributed by atoms with van der Waals surface area (Å²) in [6.07, 6.45) is -4.45. The Bertz CT molecular complexity index is 823. The molecule has 0 saturated heterocycles. The van der Waals surface area contributed by atoms with Crippen LogP contribution < -0.4 is 11.5 Å². The molecule has 0 amide bonds. The number of fused-ring (bicyclic) bond motifs is 1. The van der Waals surface area contributed by atoms with Crippen molar-refractivity contribution in [3.8, 4) is 11.3 Å². The number of rotatable bonds is 1. The number of anilines is 2. The summed E-state index contributed by atoms with van der Waals surface area (Å²) in [5.74, 6) is -0.00307. The van der Waals surface area contributed by atoms with Gasteiger partial charge < -0.3 is 16.5 Å². The van der Waals surface area contributed by atoms with Gasteiger partial charge in [0.2, 0.25) is 5.95 Å². The van der Waals surface area contributed by atoms with Crippen molar-refractivity contribution in [3.63, 3.8) is 0 Å². The molecule has 2 aromatic heterocycles. The van der Waals surface area contributed by atoms with Crippen LogP contribution >= 0.6 is 0 Å². The van der Waals surface area contributed by atoms with E-state index in [1.165, 1.54) is 12.1 Å². The van der Waals surface area contributed by atoms with E-state index < -0.39 is 11.7 Å². The molecule has 0 spiro atoms. The Morgan fingerprint density at radius 3 is 2.52 bits per heavy atom. The van der Waals surface area contributed by atoms with E-state index in [4.69, 9.17) is 11.5 Å². The normalized spacial score (nSPS) is 12.0. The fourth-order valence-electron chi connectivity index (χ4n) is 1.98. The molecule has 108 valence electrons. The summed E-state index contributed by atoms with van der Waals surface area (Å²) in [7, 11) is 0. The summed E-state index contributed by atoms with van der Waals surface area (Å²) >= 11 is 0. The van der Waals surface area contributed by atoms with Crippen LogP contribution in [0.5, 0.6) is 0 Å². The van der Waals surface area contributed by atoms with Crippen molar-refractivity contribution in [1.82, 2.24) is 19.9 Å². The van der Waals surface area contributed by atoms with E-state index in [0.29, 0.717) is 0 Å². The minimum Gasteiger partial charge on any atom is -0.369 e. The van der Waals surface area contributed by atoms with Gasteiger partial charge in [0.05, 0.1) is 5.56 Å². The van der Waals surface area contributed by atoms with Gasteiger partial charge >= 0.3 is 6.18 Å². The SMILES string of the molecule is Nc1nc(-c2cccc(C(F)(F)F)c2)c2nc(N)[nH]c2n1. The van der Waals surface area contributed by atoms with Crippen molar-refractivity contribution in [2.24, 2.45) is 0 Å². The van der Waals surface area contributed by atoms with E-state index in [2.05, 4.69) is 19.9 Å². The molecule has 0 bridgehead atoms. The first-order valence-electron chi connectivity index (χ1n) is 5.81. The number of aromatic amines is 1. The van der Waals surface area contributed by atoms with Gasteiger partial charge in [-0.15, -0.1) is 0 Å². The van der Waals surface area contributed by atoms with Crippen molar-refractivity contribution in [3.05, 3.63) is 29.8 Å². The standard InChI is InChI=1S/C12H9F3N6/c13-12(14,15)6-3-1-2-5(4-6)7-8-9(20-10(16)18-7)21-11(17)19-8/h1-4H,(H5,16,17,18,19,20,21). The average Bonchev–Trinajstić information content (AvgIpc) is 2.77. The van der Waals surface area contributed by atoms with Crippen LogP contribution in [-0.4, -0.2) is 19.9 Å². The Labute approximate surface area is 116 Å². The van der Waals surface area contributed by atoms with Crippen LogP contribution in [0.4, 0.5) is 25.1 Å². The summed E-state index contributed by atoms with van der Waals surface area (Å²) in [6, 6.07) is 4.73. The lowest BCUT2D eigenvalue weighted by atomic mass is 10.1. The summed E-state index contributed by atoms with van der Waals surface area (Å²) < 4.78 is 38.3. The molecule has 3 rings (SSSR count). The van der Waals surface area contributed by atoms with E-state index in [1.807, 2.05) is 0 Å². The Hall–Kier alpha value is -2.84. The van der Waals surface area contributed by atoms with Gasteiger partial charge in [-0.25, -0.2) is 9.97 Å². The van der Waals surface area contributed by atoms with Crippen molar-refractivity contribution in [2.75, 3.05) is 11.5 Å². The minimum absolute atomic E-state index is 0.0816. The number of hydrogen-bond acceptors (Lipinski definition) is 5. The molecule has 2 heterocycles. The first-order chi connectivity index (χ1) is 9.84. The fraction of sp³-hybridized carbons (Fsp3) is 0.0833. The molecular formula is C12H9F3N6. The summed E-state index contributed by atoms with van der Waals surface area (Å²) in [4.78, 5) is 14.5. The van der Waals surface area contributed by atoms with Gasteiger partial charge in [0, 0.05) is 5.56 Å². The number of aromatic nitrogens is 4. The number of imidazole rings is 1. The van der Waals surface area contributed by atoms with Crippen LogP contribution in [0.1, 0.15) is 5.56 Å². The number of hydrogen-bond donors (Lipinski definition) is 3. The smallest absolute Gasteiger partial charge is 0.369 e. The molecule has 0 aliphatic rings. The number of nitrogens with one attached hydrogen (secondary N) is 1. The van der Waals surface area contributed by atoms with E-state index in [9.17, 15) is 13.2 Å². The second kappa shape index (κ2) is 4.33. The summed E-state index contributed by atoms with van der Waals surface area (Å²) in [6.45, 7) is 0. The second-order valence-corrected chi connectivity index (χ2v) is 4.33. The Morgan fingerprint density at radius 1 is 1.05 bits per heavy atom. The first kappa shape index (κ1) is 13.2. The Morgan fingerprint density at radius 2 is 1.81 bits per heavy atom. The van der Waals surface area contributed by atoms with Crippen molar-refractivity contribution < 1.29 is 13.2 Å². The number of H-pyrrole nitrogens is 1. The van der Waals surface area contributed by atoms with Crippen LogP contribution in [-0.2, 0) is 6.18 Å². The number of nitrogens with zero attached hydrogens (tertiary/aromatic N) is 3. The highest BCUT2D eigenvalue weighted by Gasteiger charge is 2.30. The topological polar surface area (TPSA) is 106 Å². The summed E-state index contributed by atoms with van der Waals surface area (Å²) in [5, 5.41) is 0. The van der Waals surface area contributed by atoms with Crippen LogP contribution in [0.2, 0.25) is 0 Å². The van der Waals surface area contributed by atoms with Crippen LogP contribution in [0.15, 0.2) is 24.3 Å². The molecule has 0 fully saturated rings. The molecule has 21 heavy (non-hydrogen) atoms. The molecule has 0 saturated carbocycles. The molecule has 9 heteroatoms. The third-order valence-electron chi connectivity index (χ3n) is 2.84. The molecule has 0 aliphatic heterocycles. The Kier molecular flexibility index (Phi) is 2.71. The van der Waals surface area contributed by atoms with Crippen LogP contribution in [0.25, 0.3) is 22.4 Å². The molecule has 3 aromatic rings. The number of halogens is 3. The van der Waals surface area contributed by atoms with Gasteiger partial charge in [0.15, 0.2) is 11.6 Å². The largest absolute Gasteiger partial charge is 0.416 e. The predicted molar refractivity (Wildman–Crippen MR) is 70.9 cm³/mol. The second-order valence-electron chi connectivity index (χ2n) is 4.33. The lowest BCUT2D eigenvalue weighted by Crippen LogP contribution is -2.05. The highest BCUT2D eigenvalue weighted by atomic mass is 19.4. The predicted octanol–water partition coefficient (Wildman–Crippen LogP) is 2.20. The van der Waals surface area contributed by atoms with E-state index in [0.717, 1.165) is 12.1 Å². The molecule has 5 N–H and O–H groups in total. The van der Waals surface area contributed by atoms with Crippen LogP contribution in [0.3, 0.4) is 0 Å².